The highest BCUT2D eigenvalue weighted by Gasteiger charge is 2.44. The molecular formula is C17H24N2OS. The highest BCUT2D eigenvalue weighted by Crippen LogP contribution is 2.54. The van der Waals surface area contributed by atoms with E-state index in [0.717, 1.165) is 23.7 Å². The fraction of sp³-hybridized carbons (Fsp3) is 0.647. The number of rotatable bonds is 2. The van der Waals surface area contributed by atoms with Crippen LogP contribution >= 0.6 is 12.6 Å². The number of thiol groups is 1. The van der Waals surface area contributed by atoms with Gasteiger partial charge in [0.05, 0.1) is 5.69 Å². The molecule has 114 valence electrons. The second-order valence-corrected chi connectivity index (χ2v) is 7.18. The maximum atomic E-state index is 11.6. The Morgan fingerprint density at radius 3 is 2.29 bits per heavy atom. The maximum Gasteiger partial charge on any atom is 0.180 e. The summed E-state index contributed by atoms with van der Waals surface area (Å²) in [6, 6.07) is 1.97. The lowest BCUT2D eigenvalue weighted by molar-refractivity contribution is 0.101. The maximum absolute atomic E-state index is 11.6. The van der Waals surface area contributed by atoms with Crippen molar-refractivity contribution >= 4 is 24.1 Å². The van der Waals surface area contributed by atoms with Crippen LogP contribution in [0.3, 0.4) is 0 Å². The van der Waals surface area contributed by atoms with Crippen LogP contribution in [0.1, 0.15) is 62.4 Å². The van der Waals surface area contributed by atoms with Crippen molar-refractivity contribution in [1.29, 1.82) is 0 Å². The minimum Gasteiger partial charge on any atom is -0.370 e. The van der Waals surface area contributed by atoms with E-state index in [1.807, 2.05) is 6.07 Å². The molecule has 0 unspecified atom stereocenters. The first-order valence-electron chi connectivity index (χ1n) is 8.05. The van der Waals surface area contributed by atoms with Crippen LogP contribution in [0.15, 0.2) is 17.2 Å². The Kier molecular flexibility index (Phi) is 4.25. The molecule has 3 nitrogen and oxygen atoms in total. The molecule has 0 radical (unpaired) electrons. The molecule has 3 aliphatic rings. The SMILES string of the molecule is C1CC1.CC(=O)c1ncc(S)cc1N1CCC2(CC1)CC2. The van der Waals surface area contributed by atoms with Gasteiger partial charge in [-0.2, -0.15) is 0 Å². The van der Waals surface area contributed by atoms with Gasteiger partial charge in [0.2, 0.25) is 0 Å². The van der Waals surface area contributed by atoms with Crippen molar-refractivity contribution in [3.8, 4) is 0 Å². The van der Waals surface area contributed by atoms with Crippen LogP contribution in [-0.2, 0) is 0 Å². The van der Waals surface area contributed by atoms with E-state index in [4.69, 9.17) is 0 Å². The van der Waals surface area contributed by atoms with E-state index in [9.17, 15) is 4.79 Å². The summed E-state index contributed by atoms with van der Waals surface area (Å²) in [5, 5.41) is 0. The first-order chi connectivity index (χ1) is 10.1. The molecule has 21 heavy (non-hydrogen) atoms. The average molecular weight is 304 g/mol. The molecule has 2 saturated carbocycles. The highest BCUT2D eigenvalue weighted by molar-refractivity contribution is 7.80. The van der Waals surface area contributed by atoms with Crippen LogP contribution in [-0.4, -0.2) is 23.9 Å². The van der Waals surface area contributed by atoms with E-state index in [0.29, 0.717) is 11.1 Å². The van der Waals surface area contributed by atoms with Gasteiger partial charge in [0.25, 0.3) is 0 Å². The number of piperidine rings is 1. The molecule has 0 N–H and O–H groups in total. The third kappa shape index (κ3) is 3.79. The van der Waals surface area contributed by atoms with Gasteiger partial charge in [-0.1, -0.05) is 19.3 Å². The van der Waals surface area contributed by atoms with Crippen LogP contribution in [0.4, 0.5) is 5.69 Å². The molecule has 1 aromatic heterocycles. The number of aromatic nitrogens is 1. The number of hydrogen-bond donors (Lipinski definition) is 1. The fourth-order valence-corrected chi connectivity index (χ4v) is 3.03. The van der Waals surface area contributed by atoms with Crippen molar-refractivity contribution in [1.82, 2.24) is 4.98 Å². The number of anilines is 1. The van der Waals surface area contributed by atoms with Crippen molar-refractivity contribution < 1.29 is 4.79 Å². The molecule has 4 heteroatoms. The van der Waals surface area contributed by atoms with E-state index in [1.165, 1.54) is 44.9 Å². The average Bonchev–Trinajstić information content (AvgIpc) is 3.35. The van der Waals surface area contributed by atoms with E-state index in [2.05, 4.69) is 22.5 Å². The molecule has 0 bridgehead atoms. The predicted molar refractivity (Wildman–Crippen MR) is 88.5 cm³/mol. The number of nitrogens with zero attached hydrogens (tertiary/aromatic N) is 2. The van der Waals surface area contributed by atoms with Gasteiger partial charge in [-0.25, -0.2) is 4.98 Å². The Bertz CT molecular complexity index is 525. The molecule has 0 atom stereocenters. The molecular weight excluding hydrogens is 280 g/mol. The lowest BCUT2D eigenvalue weighted by Gasteiger charge is -2.34. The summed E-state index contributed by atoms with van der Waals surface area (Å²) in [7, 11) is 0. The molecule has 0 amide bonds. The predicted octanol–water partition coefficient (Wildman–Crippen LogP) is 4.12. The highest BCUT2D eigenvalue weighted by atomic mass is 32.1. The van der Waals surface area contributed by atoms with Crippen LogP contribution in [0.5, 0.6) is 0 Å². The number of carbonyl (C=O) groups excluding carboxylic acids is 1. The zero-order chi connectivity index (χ0) is 14.9. The van der Waals surface area contributed by atoms with E-state index < -0.39 is 0 Å². The smallest absolute Gasteiger partial charge is 0.180 e. The topological polar surface area (TPSA) is 33.2 Å². The summed E-state index contributed by atoms with van der Waals surface area (Å²) in [5.74, 6) is 0.0324. The molecule has 0 aromatic carbocycles. The van der Waals surface area contributed by atoms with Crippen LogP contribution in [0.2, 0.25) is 0 Å². The number of ketones is 1. The fourth-order valence-electron chi connectivity index (χ4n) is 2.85. The minimum atomic E-state index is 0.0324. The third-order valence-electron chi connectivity index (χ3n) is 4.66. The lowest BCUT2D eigenvalue weighted by Crippen LogP contribution is -2.35. The van der Waals surface area contributed by atoms with Crippen LogP contribution in [0, 0.1) is 5.41 Å². The normalized spacial score (nSPS) is 21.5. The Morgan fingerprint density at radius 1 is 1.19 bits per heavy atom. The van der Waals surface area contributed by atoms with Gasteiger partial charge in [-0.3, -0.25) is 4.79 Å². The quantitative estimate of drug-likeness (QED) is 0.659. The van der Waals surface area contributed by atoms with Gasteiger partial charge < -0.3 is 4.90 Å². The largest absolute Gasteiger partial charge is 0.370 e. The molecule has 1 saturated heterocycles. The van der Waals surface area contributed by atoms with Crippen molar-refractivity contribution in [3.63, 3.8) is 0 Å². The van der Waals surface area contributed by atoms with Crippen molar-refractivity contribution in [2.75, 3.05) is 18.0 Å². The van der Waals surface area contributed by atoms with Gasteiger partial charge >= 0.3 is 0 Å². The Balaban J connectivity index is 0.000000393. The zero-order valence-corrected chi connectivity index (χ0v) is 13.7. The minimum absolute atomic E-state index is 0.0324. The molecule has 2 aliphatic carbocycles. The lowest BCUT2D eigenvalue weighted by atomic mass is 9.93. The third-order valence-corrected chi connectivity index (χ3v) is 4.91. The summed E-state index contributed by atoms with van der Waals surface area (Å²) < 4.78 is 0. The first kappa shape index (κ1) is 14.9. The van der Waals surface area contributed by atoms with Gasteiger partial charge in [0.15, 0.2) is 5.78 Å². The van der Waals surface area contributed by atoms with Gasteiger partial charge in [-0.05, 0) is 37.2 Å². The monoisotopic (exact) mass is 304 g/mol. The van der Waals surface area contributed by atoms with Crippen molar-refractivity contribution in [3.05, 3.63) is 18.0 Å². The van der Waals surface area contributed by atoms with E-state index in [-0.39, 0.29) is 5.78 Å². The Morgan fingerprint density at radius 2 is 1.81 bits per heavy atom. The van der Waals surface area contributed by atoms with E-state index >= 15 is 0 Å². The summed E-state index contributed by atoms with van der Waals surface area (Å²) in [6.45, 7) is 3.66. The number of carbonyl (C=O) groups is 1. The number of pyridine rings is 1. The second-order valence-electron chi connectivity index (χ2n) is 6.67. The number of hydrogen-bond acceptors (Lipinski definition) is 4. The van der Waals surface area contributed by atoms with Gasteiger partial charge in [0, 0.05) is 31.1 Å². The second kappa shape index (κ2) is 5.99. The Labute approximate surface area is 132 Å². The van der Waals surface area contributed by atoms with Gasteiger partial charge in [0.1, 0.15) is 5.69 Å². The molecule has 3 fully saturated rings. The Hall–Kier alpha value is -1.03. The summed E-state index contributed by atoms with van der Waals surface area (Å²) in [5.41, 5.74) is 2.20. The number of Topliss-reactive ketones (excluding diaryl/α,β-unsaturated/α-hetero) is 1. The summed E-state index contributed by atoms with van der Waals surface area (Å²) in [4.78, 5) is 19.0. The standard InChI is InChI=1S/C14H18N2OS.C3H6/c1-10(17)13-12(8-11(18)9-15-13)16-6-4-14(2-3-14)5-7-16;1-2-3-1/h8-9,18H,2-7H2,1H3;1-3H2. The van der Waals surface area contributed by atoms with E-state index in [1.54, 1.807) is 13.1 Å². The summed E-state index contributed by atoms with van der Waals surface area (Å²) in [6.07, 6.45) is 11.4. The summed E-state index contributed by atoms with van der Waals surface area (Å²) >= 11 is 4.34. The van der Waals surface area contributed by atoms with Crippen LogP contribution < -0.4 is 4.90 Å². The van der Waals surface area contributed by atoms with Crippen molar-refractivity contribution in [2.24, 2.45) is 5.41 Å². The molecule has 1 aliphatic heterocycles. The van der Waals surface area contributed by atoms with Crippen LogP contribution in [0.25, 0.3) is 0 Å². The van der Waals surface area contributed by atoms with Crippen molar-refractivity contribution in [2.45, 2.75) is 56.8 Å². The molecule has 4 rings (SSSR count). The molecule has 1 spiro atoms. The zero-order valence-electron chi connectivity index (χ0n) is 12.8. The first-order valence-corrected chi connectivity index (χ1v) is 8.49. The molecule has 1 aromatic rings. The van der Waals surface area contributed by atoms with Gasteiger partial charge in [-0.15, -0.1) is 12.6 Å². The molecule has 2 heterocycles.